The molecule has 0 atom stereocenters. The Bertz CT molecular complexity index is 248. The molecular weight excluding hydrogens is 176 g/mol. The molecule has 0 saturated heterocycles. The highest BCUT2D eigenvalue weighted by Gasteiger charge is 1.99. The van der Waals surface area contributed by atoms with Crippen molar-refractivity contribution < 1.29 is 4.80 Å². The molecule has 2 heteroatoms. The van der Waals surface area contributed by atoms with E-state index in [0.717, 1.165) is 6.42 Å². The number of aryl methyl sites for hydroxylation is 1. The van der Waals surface area contributed by atoms with Crippen LogP contribution in [0.1, 0.15) is 31.7 Å². The average Bonchev–Trinajstić information content (AvgIpc) is 2.19. The second-order valence-electron chi connectivity index (χ2n) is 3.38. The molecule has 0 radical (unpaired) electrons. The predicted octanol–water partition coefficient (Wildman–Crippen LogP) is 1.12. The largest absolute Gasteiger partial charge is 0.433 e. The highest BCUT2D eigenvalue weighted by Crippen LogP contribution is 2.03. The van der Waals surface area contributed by atoms with Crippen LogP contribution in [0.25, 0.3) is 0 Å². The van der Waals surface area contributed by atoms with Crippen LogP contribution < -0.4 is 5.19 Å². The first kappa shape index (κ1) is 10.5. The molecule has 0 aliphatic rings. The summed E-state index contributed by atoms with van der Waals surface area (Å²) in [7, 11) is -0.972. The maximum Gasteiger partial charge on any atom is 0.188 e. The van der Waals surface area contributed by atoms with Gasteiger partial charge in [0.15, 0.2) is 9.76 Å². The molecule has 0 amide bonds. The Hall–Kier alpha value is -0.603. The molecule has 0 aliphatic carbocycles. The summed E-state index contributed by atoms with van der Waals surface area (Å²) in [5.41, 5.74) is 1.37. The van der Waals surface area contributed by atoms with E-state index in [4.69, 9.17) is 0 Å². The lowest BCUT2D eigenvalue weighted by atomic mass is 10.1. The highest BCUT2D eigenvalue weighted by molar-refractivity contribution is 6.46. The summed E-state index contributed by atoms with van der Waals surface area (Å²) in [6.07, 6.45) is 4.94. The lowest BCUT2D eigenvalue weighted by molar-refractivity contribution is 0.614. The Morgan fingerprint density at radius 3 is 2.69 bits per heavy atom. The maximum absolute atomic E-state index is 9.21. The van der Waals surface area contributed by atoms with Gasteiger partial charge in [-0.05, 0) is 23.6 Å². The molecule has 0 spiro atoms. The standard InChI is InChI=1S/C11H18OSi/c1-2-3-4-7-10-8-5-6-9-11(10)13-12/h5-6,8-9,12H,2-4,7,13H2,1H3. The molecule has 0 bridgehead atoms. The summed E-state index contributed by atoms with van der Waals surface area (Å²) in [5, 5.41) is 1.22. The van der Waals surface area contributed by atoms with Crippen molar-refractivity contribution in [2.24, 2.45) is 0 Å². The first-order chi connectivity index (χ1) is 6.38. The van der Waals surface area contributed by atoms with Crippen LogP contribution in [0, 0.1) is 0 Å². The summed E-state index contributed by atoms with van der Waals surface area (Å²) in [5.74, 6) is 0. The number of benzene rings is 1. The van der Waals surface area contributed by atoms with Crippen LogP contribution in [0.2, 0.25) is 0 Å². The van der Waals surface area contributed by atoms with Crippen LogP contribution in [0.3, 0.4) is 0 Å². The van der Waals surface area contributed by atoms with E-state index in [1.807, 2.05) is 6.07 Å². The van der Waals surface area contributed by atoms with E-state index in [0.29, 0.717) is 0 Å². The van der Waals surface area contributed by atoms with Gasteiger partial charge >= 0.3 is 0 Å². The Labute approximate surface area is 82.7 Å². The van der Waals surface area contributed by atoms with E-state index in [2.05, 4.69) is 25.1 Å². The topological polar surface area (TPSA) is 20.2 Å². The molecule has 0 saturated carbocycles. The summed E-state index contributed by atoms with van der Waals surface area (Å²) < 4.78 is 0. The van der Waals surface area contributed by atoms with E-state index in [-0.39, 0.29) is 0 Å². The number of unbranched alkanes of at least 4 members (excludes halogenated alkanes) is 2. The summed E-state index contributed by atoms with van der Waals surface area (Å²) in [6.45, 7) is 2.21. The zero-order valence-corrected chi connectivity index (χ0v) is 9.71. The van der Waals surface area contributed by atoms with Crippen LogP contribution in [0.15, 0.2) is 24.3 Å². The molecule has 72 valence electrons. The third-order valence-corrected chi connectivity index (χ3v) is 3.37. The Morgan fingerprint density at radius 2 is 2.00 bits per heavy atom. The van der Waals surface area contributed by atoms with Gasteiger partial charge in [-0.3, -0.25) is 0 Å². The minimum atomic E-state index is -0.972. The van der Waals surface area contributed by atoms with Crippen LogP contribution in [0.4, 0.5) is 0 Å². The van der Waals surface area contributed by atoms with Gasteiger partial charge in [0, 0.05) is 0 Å². The Kier molecular flexibility index (Phi) is 4.79. The zero-order chi connectivity index (χ0) is 9.52. The lowest BCUT2D eigenvalue weighted by Gasteiger charge is -2.05. The van der Waals surface area contributed by atoms with Crippen molar-refractivity contribution in [2.45, 2.75) is 32.6 Å². The molecule has 0 aliphatic heterocycles. The molecule has 1 aromatic rings. The lowest BCUT2D eigenvalue weighted by Crippen LogP contribution is -2.18. The van der Waals surface area contributed by atoms with E-state index in [1.54, 1.807) is 0 Å². The molecule has 1 rings (SSSR count). The SMILES string of the molecule is CCCCCc1ccccc1[SiH2]O. The monoisotopic (exact) mass is 194 g/mol. The fourth-order valence-electron chi connectivity index (χ4n) is 1.52. The van der Waals surface area contributed by atoms with Gasteiger partial charge in [0.1, 0.15) is 0 Å². The van der Waals surface area contributed by atoms with Crippen LogP contribution in [-0.2, 0) is 6.42 Å². The highest BCUT2D eigenvalue weighted by atomic mass is 28.2. The van der Waals surface area contributed by atoms with Gasteiger partial charge in [-0.1, -0.05) is 44.0 Å². The third kappa shape index (κ3) is 3.33. The van der Waals surface area contributed by atoms with Crippen LogP contribution >= 0.6 is 0 Å². The molecular formula is C11H18OSi. The zero-order valence-electron chi connectivity index (χ0n) is 8.29. The van der Waals surface area contributed by atoms with Crippen molar-refractivity contribution in [3.8, 4) is 0 Å². The fourth-order valence-corrected chi connectivity index (χ4v) is 2.26. The van der Waals surface area contributed by atoms with Gasteiger partial charge in [0.05, 0.1) is 0 Å². The molecule has 0 unspecified atom stereocenters. The molecule has 0 aromatic heterocycles. The summed E-state index contributed by atoms with van der Waals surface area (Å²) in [4.78, 5) is 9.21. The fraction of sp³-hybridized carbons (Fsp3) is 0.455. The molecule has 1 nitrogen and oxygen atoms in total. The number of hydrogen-bond donors (Lipinski definition) is 1. The van der Waals surface area contributed by atoms with E-state index in [9.17, 15) is 4.80 Å². The molecule has 13 heavy (non-hydrogen) atoms. The van der Waals surface area contributed by atoms with Gasteiger partial charge in [0.2, 0.25) is 0 Å². The van der Waals surface area contributed by atoms with Crippen LogP contribution in [0.5, 0.6) is 0 Å². The van der Waals surface area contributed by atoms with Gasteiger partial charge in [0.25, 0.3) is 0 Å². The van der Waals surface area contributed by atoms with Gasteiger partial charge < -0.3 is 4.80 Å². The maximum atomic E-state index is 9.21. The predicted molar refractivity (Wildman–Crippen MR) is 60.1 cm³/mol. The van der Waals surface area contributed by atoms with E-state index >= 15 is 0 Å². The molecule has 0 fully saturated rings. The quantitative estimate of drug-likeness (QED) is 0.550. The smallest absolute Gasteiger partial charge is 0.188 e. The van der Waals surface area contributed by atoms with Crippen LogP contribution in [-0.4, -0.2) is 14.6 Å². The second kappa shape index (κ2) is 5.94. The van der Waals surface area contributed by atoms with Crippen molar-refractivity contribution in [1.29, 1.82) is 0 Å². The van der Waals surface area contributed by atoms with Crippen molar-refractivity contribution in [3.05, 3.63) is 29.8 Å². The first-order valence-corrected chi connectivity index (χ1v) is 6.40. The van der Waals surface area contributed by atoms with E-state index in [1.165, 1.54) is 30.0 Å². The van der Waals surface area contributed by atoms with Gasteiger partial charge in [-0.2, -0.15) is 0 Å². The molecule has 0 heterocycles. The Morgan fingerprint density at radius 1 is 1.23 bits per heavy atom. The minimum absolute atomic E-state index is 0.972. The first-order valence-electron chi connectivity index (χ1n) is 5.06. The minimum Gasteiger partial charge on any atom is -0.433 e. The van der Waals surface area contributed by atoms with E-state index < -0.39 is 9.76 Å². The van der Waals surface area contributed by atoms with Crippen molar-refractivity contribution in [1.82, 2.24) is 0 Å². The summed E-state index contributed by atoms with van der Waals surface area (Å²) in [6, 6.07) is 8.29. The summed E-state index contributed by atoms with van der Waals surface area (Å²) >= 11 is 0. The number of rotatable bonds is 5. The normalized spacial score (nSPS) is 11.2. The van der Waals surface area contributed by atoms with Crippen molar-refractivity contribution >= 4 is 14.9 Å². The van der Waals surface area contributed by atoms with Crippen molar-refractivity contribution in [3.63, 3.8) is 0 Å². The third-order valence-electron chi connectivity index (χ3n) is 2.34. The second-order valence-corrected chi connectivity index (χ2v) is 4.46. The van der Waals surface area contributed by atoms with Gasteiger partial charge in [-0.25, -0.2) is 0 Å². The average molecular weight is 194 g/mol. The molecule has 1 N–H and O–H groups in total. The van der Waals surface area contributed by atoms with Gasteiger partial charge in [-0.15, -0.1) is 0 Å². The Balaban J connectivity index is 2.54. The van der Waals surface area contributed by atoms with Crippen molar-refractivity contribution in [2.75, 3.05) is 0 Å². The molecule has 1 aromatic carbocycles. The number of hydrogen-bond acceptors (Lipinski definition) is 1.